The van der Waals surface area contributed by atoms with E-state index in [0.717, 1.165) is 10.5 Å². The molecule has 0 bridgehead atoms. The van der Waals surface area contributed by atoms with Crippen molar-refractivity contribution in [2.45, 2.75) is 17.4 Å². The van der Waals surface area contributed by atoms with Crippen molar-refractivity contribution in [2.24, 2.45) is 5.92 Å². The Kier molecular flexibility index (Phi) is 3.97. The largest absolute Gasteiger partial charge is 0.481 e. The van der Waals surface area contributed by atoms with Gasteiger partial charge < -0.3 is 10.4 Å². The first-order chi connectivity index (χ1) is 8.13. The fourth-order valence-electron chi connectivity index (χ4n) is 2.18. The van der Waals surface area contributed by atoms with Crippen molar-refractivity contribution in [3.05, 3.63) is 28.8 Å². The van der Waals surface area contributed by atoms with E-state index in [9.17, 15) is 4.79 Å². The third-order valence-electron chi connectivity index (χ3n) is 3.06. The molecule has 0 spiro atoms. The minimum absolute atomic E-state index is 0.0484. The molecule has 2 atom stereocenters. The third kappa shape index (κ3) is 2.59. The Hall–Kier alpha value is -0.710. The summed E-state index contributed by atoms with van der Waals surface area (Å²) in [5, 5.41) is 12.9. The smallest absolute Gasteiger partial charge is 0.307 e. The molecule has 1 fully saturated rings. The second-order valence-corrected chi connectivity index (χ2v) is 5.34. The van der Waals surface area contributed by atoms with Crippen LogP contribution >= 0.6 is 23.4 Å². The van der Waals surface area contributed by atoms with Gasteiger partial charge in [0.25, 0.3) is 0 Å². The lowest BCUT2D eigenvalue weighted by Crippen LogP contribution is -2.17. The quantitative estimate of drug-likeness (QED) is 0.830. The van der Waals surface area contributed by atoms with Gasteiger partial charge in [0.1, 0.15) is 0 Å². The summed E-state index contributed by atoms with van der Waals surface area (Å²) in [6.07, 6.45) is 2.60. The van der Waals surface area contributed by atoms with Gasteiger partial charge in [0.2, 0.25) is 0 Å². The number of nitrogens with one attached hydrogen (secondary N) is 1. The van der Waals surface area contributed by atoms with Gasteiger partial charge in [-0.3, -0.25) is 4.79 Å². The van der Waals surface area contributed by atoms with E-state index in [1.807, 2.05) is 24.5 Å². The molecule has 0 aromatic heterocycles. The van der Waals surface area contributed by atoms with Crippen LogP contribution in [0.15, 0.2) is 23.1 Å². The molecule has 1 saturated heterocycles. The van der Waals surface area contributed by atoms with Crippen molar-refractivity contribution in [1.82, 2.24) is 5.32 Å². The van der Waals surface area contributed by atoms with Crippen molar-refractivity contribution in [3.63, 3.8) is 0 Å². The standard InChI is InChI=1S/C12H14ClNO2S/c1-17-10-4-2-3-8(13)11(10)9-5-7(6-14-9)12(15)16/h2-4,7,9,14H,5-6H2,1H3,(H,15,16). The van der Waals surface area contributed by atoms with Gasteiger partial charge in [-0.2, -0.15) is 0 Å². The number of hydrogen-bond acceptors (Lipinski definition) is 3. The van der Waals surface area contributed by atoms with E-state index in [4.69, 9.17) is 16.7 Å². The SMILES string of the molecule is CSc1cccc(Cl)c1C1CC(C(=O)O)CN1. The van der Waals surface area contributed by atoms with E-state index in [-0.39, 0.29) is 12.0 Å². The van der Waals surface area contributed by atoms with E-state index >= 15 is 0 Å². The Bertz CT molecular complexity index is 439. The van der Waals surface area contributed by atoms with E-state index in [1.165, 1.54) is 0 Å². The van der Waals surface area contributed by atoms with Crippen LogP contribution in [0.1, 0.15) is 18.0 Å². The number of rotatable bonds is 3. The number of carboxylic acids is 1. The second-order valence-electron chi connectivity index (χ2n) is 4.09. The maximum absolute atomic E-state index is 10.9. The minimum atomic E-state index is -0.738. The van der Waals surface area contributed by atoms with E-state index in [0.29, 0.717) is 18.0 Å². The summed E-state index contributed by atoms with van der Waals surface area (Å²) >= 11 is 7.85. The zero-order valence-electron chi connectivity index (χ0n) is 9.44. The predicted molar refractivity (Wildman–Crippen MR) is 69.7 cm³/mol. The lowest BCUT2D eigenvalue weighted by Gasteiger charge is -2.16. The molecule has 0 amide bonds. The highest BCUT2D eigenvalue weighted by Crippen LogP contribution is 2.37. The van der Waals surface area contributed by atoms with Gasteiger partial charge in [0.15, 0.2) is 0 Å². The molecule has 92 valence electrons. The minimum Gasteiger partial charge on any atom is -0.481 e. The first kappa shape index (κ1) is 12.7. The summed E-state index contributed by atoms with van der Waals surface area (Å²) in [5.41, 5.74) is 1.03. The summed E-state index contributed by atoms with van der Waals surface area (Å²) < 4.78 is 0. The molecule has 1 aromatic carbocycles. The highest BCUT2D eigenvalue weighted by molar-refractivity contribution is 7.98. The summed E-state index contributed by atoms with van der Waals surface area (Å²) in [6.45, 7) is 0.513. The van der Waals surface area contributed by atoms with Gasteiger partial charge in [-0.25, -0.2) is 0 Å². The van der Waals surface area contributed by atoms with Crippen molar-refractivity contribution in [3.8, 4) is 0 Å². The second kappa shape index (κ2) is 5.29. The van der Waals surface area contributed by atoms with Gasteiger partial charge in [0.05, 0.1) is 5.92 Å². The summed E-state index contributed by atoms with van der Waals surface area (Å²) in [4.78, 5) is 12.1. The van der Waals surface area contributed by atoms with Gasteiger partial charge >= 0.3 is 5.97 Å². The molecular formula is C12H14ClNO2S. The van der Waals surface area contributed by atoms with Crippen LogP contribution in [0.4, 0.5) is 0 Å². The van der Waals surface area contributed by atoms with Crippen molar-refractivity contribution < 1.29 is 9.90 Å². The zero-order chi connectivity index (χ0) is 12.4. The summed E-state index contributed by atoms with van der Waals surface area (Å²) in [6, 6.07) is 5.84. The zero-order valence-corrected chi connectivity index (χ0v) is 11.0. The molecule has 0 radical (unpaired) electrons. The Morgan fingerprint density at radius 3 is 2.94 bits per heavy atom. The third-order valence-corrected chi connectivity index (χ3v) is 4.19. The van der Waals surface area contributed by atoms with Crippen LogP contribution in [0.5, 0.6) is 0 Å². The molecule has 1 aliphatic heterocycles. The molecule has 1 heterocycles. The molecule has 1 aliphatic rings. The molecule has 2 unspecified atom stereocenters. The lowest BCUT2D eigenvalue weighted by atomic mass is 10.00. The van der Waals surface area contributed by atoms with Crippen LogP contribution < -0.4 is 5.32 Å². The molecule has 3 nitrogen and oxygen atoms in total. The molecule has 0 saturated carbocycles. The Morgan fingerprint density at radius 1 is 1.59 bits per heavy atom. The van der Waals surface area contributed by atoms with Gasteiger partial charge in [-0.1, -0.05) is 17.7 Å². The fraction of sp³-hybridized carbons (Fsp3) is 0.417. The van der Waals surface area contributed by atoms with Gasteiger partial charge in [-0.15, -0.1) is 11.8 Å². The highest BCUT2D eigenvalue weighted by Gasteiger charge is 2.32. The lowest BCUT2D eigenvalue weighted by molar-refractivity contribution is -0.141. The van der Waals surface area contributed by atoms with Crippen LogP contribution in [-0.4, -0.2) is 23.9 Å². The number of benzene rings is 1. The Morgan fingerprint density at radius 2 is 2.35 bits per heavy atom. The maximum atomic E-state index is 10.9. The molecule has 5 heteroatoms. The molecule has 17 heavy (non-hydrogen) atoms. The average Bonchev–Trinajstić information content (AvgIpc) is 2.77. The van der Waals surface area contributed by atoms with E-state index < -0.39 is 5.97 Å². The van der Waals surface area contributed by atoms with Crippen molar-refractivity contribution in [1.29, 1.82) is 0 Å². The number of carbonyl (C=O) groups is 1. The number of thioether (sulfide) groups is 1. The number of hydrogen-bond donors (Lipinski definition) is 2. The summed E-state index contributed by atoms with van der Waals surface area (Å²) in [5.74, 6) is -1.05. The predicted octanol–water partition coefficient (Wildman–Crippen LogP) is 2.80. The first-order valence-corrected chi connectivity index (χ1v) is 7.02. The van der Waals surface area contributed by atoms with Crippen LogP contribution in [-0.2, 0) is 4.79 Å². The van der Waals surface area contributed by atoms with Crippen LogP contribution in [0, 0.1) is 5.92 Å². The summed E-state index contributed by atoms with van der Waals surface area (Å²) in [7, 11) is 0. The average molecular weight is 272 g/mol. The maximum Gasteiger partial charge on any atom is 0.307 e. The monoisotopic (exact) mass is 271 g/mol. The fourth-order valence-corrected chi connectivity index (χ4v) is 3.23. The molecular weight excluding hydrogens is 258 g/mol. The number of carboxylic acid groups (broad SMARTS) is 1. The van der Waals surface area contributed by atoms with E-state index in [2.05, 4.69) is 5.32 Å². The topological polar surface area (TPSA) is 49.3 Å². The molecule has 2 N–H and O–H groups in total. The van der Waals surface area contributed by atoms with E-state index in [1.54, 1.807) is 11.8 Å². The van der Waals surface area contributed by atoms with Crippen molar-refractivity contribution in [2.75, 3.05) is 12.8 Å². The van der Waals surface area contributed by atoms with Crippen LogP contribution in [0.2, 0.25) is 5.02 Å². The number of aliphatic carboxylic acids is 1. The first-order valence-electron chi connectivity index (χ1n) is 5.42. The molecule has 2 rings (SSSR count). The van der Waals surface area contributed by atoms with Crippen LogP contribution in [0.25, 0.3) is 0 Å². The van der Waals surface area contributed by atoms with Crippen molar-refractivity contribution >= 4 is 29.3 Å². The van der Waals surface area contributed by atoms with Gasteiger partial charge in [0, 0.05) is 28.1 Å². The molecule has 0 aliphatic carbocycles. The highest BCUT2D eigenvalue weighted by atomic mass is 35.5. The normalized spacial score (nSPS) is 23.9. The number of halogens is 1. The van der Waals surface area contributed by atoms with Crippen LogP contribution in [0.3, 0.4) is 0 Å². The Balaban J connectivity index is 2.26. The van der Waals surface area contributed by atoms with Gasteiger partial charge in [-0.05, 0) is 24.8 Å². The Labute approximate surface area is 110 Å². The molecule has 1 aromatic rings.